The van der Waals surface area contributed by atoms with Gasteiger partial charge in [-0.05, 0) is 27.8 Å². The fraction of sp³-hybridized carbons (Fsp3) is 0.238. The van der Waals surface area contributed by atoms with Gasteiger partial charge in [-0.2, -0.15) is 0 Å². The molecule has 26 heavy (non-hydrogen) atoms. The van der Waals surface area contributed by atoms with Crippen molar-refractivity contribution in [3.8, 4) is 0 Å². The van der Waals surface area contributed by atoms with Crippen LogP contribution in [0, 0.1) is 0 Å². The van der Waals surface area contributed by atoms with Gasteiger partial charge in [0.25, 0.3) is 0 Å². The minimum atomic E-state index is 1.01. The molecule has 4 nitrogen and oxygen atoms in total. The molecule has 4 aromatic rings. The largest absolute Gasteiger partial charge is 0.353 e. The Balaban J connectivity index is 1.32. The zero-order valence-corrected chi connectivity index (χ0v) is 15.3. The van der Waals surface area contributed by atoms with Crippen LogP contribution in [0.2, 0.25) is 0 Å². The lowest BCUT2D eigenvalue weighted by atomic mass is 10.0. The molecule has 2 aromatic heterocycles. The Morgan fingerprint density at radius 1 is 0.846 bits per heavy atom. The van der Waals surface area contributed by atoms with Gasteiger partial charge >= 0.3 is 0 Å². The molecule has 1 aliphatic rings. The third-order valence-corrected chi connectivity index (χ3v) is 6.01. The second kappa shape index (κ2) is 6.67. The number of aromatic nitrogens is 2. The molecule has 0 bridgehead atoms. The van der Waals surface area contributed by atoms with Crippen LogP contribution in [0.1, 0.15) is 5.56 Å². The van der Waals surface area contributed by atoms with Crippen LogP contribution in [-0.4, -0.2) is 41.0 Å². The molecule has 0 radical (unpaired) electrons. The van der Waals surface area contributed by atoms with Crippen LogP contribution < -0.4 is 4.90 Å². The predicted octanol–water partition coefficient (Wildman–Crippen LogP) is 4.17. The highest BCUT2D eigenvalue weighted by molar-refractivity contribution is 7.16. The van der Waals surface area contributed by atoms with Gasteiger partial charge in [0.1, 0.15) is 17.0 Å². The quantitative estimate of drug-likeness (QED) is 0.549. The summed E-state index contributed by atoms with van der Waals surface area (Å²) in [5.41, 5.74) is 1.42. The zero-order chi connectivity index (χ0) is 17.3. The van der Waals surface area contributed by atoms with E-state index in [2.05, 4.69) is 73.7 Å². The summed E-state index contributed by atoms with van der Waals surface area (Å²) in [6.07, 6.45) is 1.69. The van der Waals surface area contributed by atoms with E-state index in [4.69, 9.17) is 0 Å². The average Bonchev–Trinajstić information content (AvgIpc) is 3.18. The predicted molar refractivity (Wildman–Crippen MR) is 109 cm³/mol. The van der Waals surface area contributed by atoms with Crippen molar-refractivity contribution in [2.45, 2.75) is 6.54 Å². The average molecular weight is 360 g/mol. The van der Waals surface area contributed by atoms with Crippen molar-refractivity contribution in [1.82, 2.24) is 14.9 Å². The minimum absolute atomic E-state index is 1.01. The molecule has 0 unspecified atom stereocenters. The summed E-state index contributed by atoms with van der Waals surface area (Å²) in [5.74, 6) is 1.08. The maximum atomic E-state index is 4.56. The van der Waals surface area contributed by atoms with E-state index in [0.717, 1.165) is 43.4 Å². The number of hydrogen-bond donors (Lipinski definition) is 0. The molecule has 1 fully saturated rings. The standard InChI is InChI=1S/C21H20N4S/c1-2-7-18-16(4-1)5-3-6-17(18)14-24-9-11-25(12-10-24)20-19-8-13-26-21(19)23-15-22-20/h1-8,13,15H,9-12,14H2. The molecule has 1 saturated heterocycles. The summed E-state index contributed by atoms with van der Waals surface area (Å²) in [6.45, 7) is 5.13. The first-order chi connectivity index (χ1) is 12.9. The van der Waals surface area contributed by atoms with Gasteiger partial charge < -0.3 is 4.90 Å². The van der Waals surface area contributed by atoms with Crippen LogP contribution in [0.3, 0.4) is 0 Å². The van der Waals surface area contributed by atoms with Crippen LogP contribution >= 0.6 is 11.3 Å². The van der Waals surface area contributed by atoms with Crippen LogP contribution in [0.25, 0.3) is 21.0 Å². The van der Waals surface area contributed by atoms with Crippen molar-refractivity contribution in [2.24, 2.45) is 0 Å². The van der Waals surface area contributed by atoms with E-state index < -0.39 is 0 Å². The zero-order valence-electron chi connectivity index (χ0n) is 14.5. The van der Waals surface area contributed by atoms with Crippen LogP contribution in [0.15, 0.2) is 60.2 Å². The van der Waals surface area contributed by atoms with Crippen molar-refractivity contribution in [1.29, 1.82) is 0 Å². The fourth-order valence-electron chi connectivity index (χ4n) is 3.82. The van der Waals surface area contributed by atoms with E-state index >= 15 is 0 Å². The number of nitrogens with zero attached hydrogens (tertiary/aromatic N) is 4. The summed E-state index contributed by atoms with van der Waals surface area (Å²) in [7, 11) is 0. The first-order valence-electron chi connectivity index (χ1n) is 9.01. The lowest BCUT2D eigenvalue weighted by molar-refractivity contribution is 0.250. The Kier molecular flexibility index (Phi) is 4.03. The highest BCUT2D eigenvalue weighted by Crippen LogP contribution is 2.28. The molecule has 0 aliphatic carbocycles. The smallest absolute Gasteiger partial charge is 0.140 e. The Bertz CT molecular complexity index is 1040. The Hall–Kier alpha value is -2.50. The van der Waals surface area contributed by atoms with E-state index in [1.54, 1.807) is 17.7 Å². The summed E-state index contributed by atoms with van der Waals surface area (Å²) in [4.78, 5) is 14.9. The lowest BCUT2D eigenvalue weighted by Gasteiger charge is -2.35. The maximum absolute atomic E-state index is 4.56. The summed E-state index contributed by atoms with van der Waals surface area (Å²) in [6, 6.07) is 17.4. The molecule has 0 N–H and O–H groups in total. The van der Waals surface area contributed by atoms with Crippen molar-refractivity contribution < 1.29 is 0 Å². The van der Waals surface area contributed by atoms with E-state index in [-0.39, 0.29) is 0 Å². The van der Waals surface area contributed by atoms with Crippen LogP contribution in [-0.2, 0) is 6.54 Å². The van der Waals surface area contributed by atoms with Crippen molar-refractivity contribution >= 4 is 38.1 Å². The number of thiophene rings is 1. The Labute approximate surface area is 156 Å². The van der Waals surface area contributed by atoms with Crippen LogP contribution in [0.5, 0.6) is 0 Å². The fourth-order valence-corrected chi connectivity index (χ4v) is 4.55. The Morgan fingerprint density at radius 2 is 1.69 bits per heavy atom. The highest BCUT2D eigenvalue weighted by Gasteiger charge is 2.20. The van der Waals surface area contributed by atoms with Crippen molar-refractivity contribution in [2.75, 3.05) is 31.1 Å². The van der Waals surface area contributed by atoms with E-state index in [1.807, 2.05) is 0 Å². The normalized spacial score (nSPS) is 15.8. The van der Waals surface area contributed by atoms with Crippen molar-refractivity contribution in [3.05, 3.63) is 65.8 Å². The molecule has 3 heterocycles. The van der Waals surface area contributed by atoms with E-state index in [0.29, 0.717) is 0 Å². The third-order valence-electron chi connectivity index (χ3n) is 5.19. The van der Waals surface area contributed by atoms with Crippen LogP contribution in [0.4, 0.5) is 5.82 Å². The summed E-state index contributed by atoms with van der Waals surface area (Å²) >= 11 is 1.68. The Morgan fingerprint density at radius 3 is 2.62 bits per heavy atom. The lowest BCUT2D eigenvalue weighted by Crippen LogP contribution is -2.46. The molecule has 0 spiro atoms. The topological polar surface area (TPSA) is 32.3 Å². The molecule has 5 heteroatoms. The van der Waals surface area contributed by atoms with E-state index in [1.165, 1.54) is 21.7 Å². The molecular weight excluding hydrogens is 340 g/mol. The molecule has 0 saturated carbocycles. The molecule has 5 rings (SSSR count). The number of rotatable bonds is 3. The van der Waals surface area contributed by atoms with Gasteiger partial charge in [0, 0.05) is 32.7 Å². The highest BCUT2D eigenvalue weighted by atomic mass is 32.1. The molecular formula is C21H20N4S. The number of piperazine rings is 1. The number of hydrogen-bond acceptors (Lipinski definition) is 5. The molecule has 0 amide bonds. The first-order valence-corrected chi connectivity index (χ1v) is 9.88. The molecule has 2 aromatic carbocycles. The maximum Gasteiger partial charge on any atom is 0.140 e. The van der Waals surface area contributed by atoms with Crippen molar-refractivity contribution in [3.63, 3.8) is 0 Å². The second-order valence-electron chi connectivity index (χ2n) is 6.74. The minimum Gasteiger partial charge on any atom is -0.353 e. The number of anilines is 1. The number of fused-ring (bicyclic) bond motifs is 2. The van der Waals surface area contributed by atoms with E-state index in [9.17, 15) is 0 Å². The first kappa shape index (κ1) is 15.7. The summed E-state index contributed by atoms with van der Waals surface area (Å²) < 4.78 is 0. The monoisotopic (exact) mass is 360 g/mol. The van der Waals surface area contributed by atoms with Gasteiger partial charge in [0.05, 0.1) is 5.39 Å². The van der Waals surface area contributed by atoms with Gasteiger partial charge in [-0.25, -0.2) is 9.97 Å². The van der Waals surface area contributed by atoms with Gasteiger partial charge in [0.15, 0.2) is 0 Å². The third kappa shape index (κ3) is 2.83. The molecule has 1 aliphatic heterocycles. The second-order valence-corrected chi connectivity index (χ2v) is 7.63. The summed E-state index contributed by atoms with van der Waals surface area (Å²) in [5, 5.41) is 5.97. The molecule has 130 valence electrons. The van der Waals surface area contributed by atoms with Gasteiger partial charge in [-0.1, -0.05) is 42.5 Å². The molecule has 0 atom stereocenters. The van der Waals surface area contributed by atoms with Gasteiger partial charge in [-0.15, -0.1) is 11.3 Å². The van der Waals surface area contributed by atoms with Gasteiger partial charge in [0.2, 0.25) is 0 Å². The number of benzene rings is 2. The van der Waals surface area contributed by atoms with Gasteiger partial charge in [-0.3, -0.25) is 4.90 Å². The SMILES string of the molecule is c1ccc2c(CN3CCN(c4ncnc5sccc45)CC3)cccc2c1.